The van der Waals surface area contributed by atoms with Crippen LogP contribution in [-0.2, 0) is 16.6 Å². The number of nitrogens with one attached hydrogen (secondary N) is 2. The molecule has 0 spiro atoms. The van der Waals surface area contributed by atoms with Gasteiger partial charge in [-0.15, -0.1) is 0 Å². The van der Waals surface area contributed by atoms with Crippen molar-refractivity contribution in [3.63, 3.8) is 0 Å². The number of H-pyrrole nitrogens is 1. The van der Waals surface area contributed by atoms with Crippen LogP contribution in [0.15, 0.2) is 23.0 Å². The Balaban J connectivity index is 2.44. The summed E-state index contributed by atoms with van der Waals surface area (Å²) < 4.78 is 6.32. The lowest BCUT2D eigenvalue weighted by Crippen LogP contribution is -2.52. The van der Waals surface area contributed by atoms with Crippen LogP contribution in [0.1, 0.15) is 30.6 Å². The lowest BCUT2D eigenvalue weighted by molar-refractivity contribution is -0.147. The molecule has 128 valence electrons. The molecule has 0 aliphatic rings. The van der Waals surface area contributed by atoms with Crippen LogP contribution in [0.25, 0.3) is 10.9 Å². The summed E-state index contributed by atoms with van der Waals surface area (Å²) in [6.45, 7) is 3.37. The van der Waals surface area contributed by atoms with Crippen LogP contribution in [0, 0.1) is 4.77 Å². The summed E-state index contributed by atoms with van der Waals surface area (Å²) >= 11 is 5.08. The second-order valence-corrected chi connectivity index (χ2v) is 6.07. The van der Waals surface area contributed by atoms with Crippen LogP contribution in [0.5, 0.6) is 0 Å². The van der Waals surface area contributed by atoms with E-state index in [2.05, 4.69) is 10.3 Å². The molecule has 8 heteroatoms. The van der Waals surface area contributed by atoms with Gasteiger partial charge < -0.3 is 15.0 Å². The van der Waals surface area contributed by atoms with Gasteiger partial charge in [0.2, 0.25) is 0 Å². The van der Waals surface area contributed by atoms with Gasteiger partial charge in [0.15, 0.2) is 4.77 Å². The molecule has 24 heavy (non-hydrogen) atoms. The number of ether oxygens (including phenoxy) is 1. The van der Waals surface area contributed by atoms with Crippen LogP contribution < -0.4 is 10.9 Å². The summed E-state index contributed by atoms with van der Waals surface area (Å²) in [6, 6.07) is 4.62. The summed E-state index contributed by atoms with van der Waals surface area (Å²) in [4.78, 5) is 39.4. The zero-order valence-electron chi connectivity index (χ0n) is 13.9. The first-order valence-corrected chi connectivity index (χ1v) is 7.78. The minimum atomic E-state index is -1.12. The maximum absolute atomic E-state index is 12.5. The fourth-order valence-corrected chi connectivity index (χ4v) is 2.47. The Kier molecular flexibility index (Phi) is 4.88. The zero-order valence-corrected chi connectivity index (χ0v) is 14.7. The second-order valence-electron chi connectivity index (χ2n) is 5.69. The van der Waals surface area contributed by atoms with Crippen molar-refractivity contribution in [1.29, 1.82) is 0 Å². The van der Waals surface area contributed by atoms with Crippen LogP contribution in [0.2, 0.25) is 0 Å². The third kappa shape index (κ3) is 3.09. The lowest BCUT2D eigenvalue weighted by atomic mass is 9.98. The first-order chi connectivity index (χ1) is 11.2. The molecule has 1 atom stereocenters. The summed E-state index contributed by atoms with van der Waals surface area (Å²) in [7, 11) is 2.85. The van der Waals surface area contributed by atoms with E-state index in [1.807, 2.05) is 0 Å². The van der Waals surface area contributed by atoms with E-state index in [9.17, 15) is 14.4 Å². The van der Waals surface area contributed by atoms with Crippen LogP contribution >= 0.6 is 12.2 Å². The normalized spacial score (nSPS) is 13.3. The predicted octanol–water partition coefficient (Wildman–Crippen LogP) is 1.67. The summed E-state index contributed by atoms with van der Waals surface area (Å²) in [5, 5.41) is 3.10. The fraction of sp³-hybridized carbons (Fsp3) is 0.375. The molecular formula is C16H19N3O4S. The predicted molar refractivity (Wildman–Crippen MR) is 92.6 cm³/mol. The lowest BCUT2D eigenvalue weighted by Gasteiger charge is -2.26. The number of hydrogen-bond donors (Lipinski definition) is 2. The fourth-order valence-electron chi connectivity index (χ4n) is 2.28. The molecule has 1 aromatic heterocycles. The van der Waals surface area contributed by atoms with Crippen molar-refractivity contribution in [2.75, 3.05) is 7.11 Å². The Morgan fingerprint density at radius 1 is 1.42 bits per heavy atom. The minimum Gasteiger partial charge on any atom is -0.467 e. The molecule has 0 radical (unpaired) electrons. The standard InChI is InChI=1S/C16H19N3O4S/c1-5-16(2,14(22)23-4)18-12(20)9-6-7-10-11(8-9)17-15(24)19(3)13(10)21/h6-8H,5H2,1-4H3,(H,17,24)(H,18,20)/t16-/m1/s1. The highest BCUT2D eigenvalue weighted by Gasteiger charge is 2.34. The van der Waals surface area contributed by atoms with E-state index in [1.54, 1.807) is 27.0 Å². The highest BCUT2D eigenvalue weighted by Crippen LogP contribution is 2.15. The smallest absolute Gasteiger partial charge is 0.331 e. The quantitative estimate of drug-likeness (QED) is 0.647. The van der Waals surface area contributed by atoms with Gasteiger partial charge in [-0.2, -0.15) is 0 Å². The topological polar surface area (TPSA) is 93.2 Å². The van der Waals surface area contributed by atoms with Crippen LogP contribution in [0.3, 0.4) is 0 Å². The Labute approximate surface area is 143 Å². The van der Waals surface area contributed by atoms with E-state index in [0.717, 1.165) is 0 Å². The number of carbonyl (C=O) groups excluding carboxylic acids is 2. The average Bonchev–Trinajstić information content (AvgIpc) is 2.58. The number of carbonyl (C=O) groups is 2. The number of hydrogen-bond acceptors (Lipinski definition) is 5. The highest BCUT2D eigenvalue weighted by atomic mass is 32.1. The molecular weight excluding hydrogens is 330 g/mol. The van der Waals surface area contributed by atoms with Crippen molar-refractivity contribution in [2.24, 2.45) is 7.05 Å². The van der Waals surface area contributed by atoms with Gasteiger partial charge >= 0.3 is 5.97 Å². The van der Waals surface area contributed by atoms with Gasteiger partial charge in [0.1, 0.15) is 5.54 Å². The maximum atomic E-state index is 12.5. The van der Waals surface area contributed by atoms with Gasteiger partial charge in [-0.25, -0.2) is 4.79 Å². The number of aromatic amines is 1. The van der Waals surface area contributed by atoms with Crippen molar-refractivity contribution in [3.8, 4) is 0 Å². The van der Waals surface area contributed by atoms with Crippen molar-refractivity contribution in [2.45, 2.75) is 25.8 Å². The molecule has 0 saturated heterocycles. The van der Waals surface area contributed by atoms with Crippen molar-refractivity contribution < 1.29 is 14.3 Å². The molecule has 0 saturated carbocycles. The third-order valence-electron chi connectivity index (χ3n) is 4.10. The van der Waals surface area contributed by atoms with E-state index in [0.29, 0.717) is 22.9 Å². The monoisotopic (exact) mass is 349 g/mol. The van der Waals surface area contributed by atoms with Gasteiger partial charge in [0.25, 0.3) is 11.5 Å². The molecule has 0 aliphatic heterocycles. The molecule has 2 rings (SSSR count). The van der Waals surface area contributed by atoms with Crippen molar-refractivity contribution in [1.82, 2.24) is 14.9 Å². The van der Waals surface area contributed by atoms with Crippen LogP contribution in [0.4, 0.5) is 0 Å². The van der Waals surface area contributed by atoms with Gasteiger partial charge in [0.05, 0.1) is 18.0 Å². The average molecular weight is 349 g/mol. The SMILES string of the molecule is CC[C@@](C)(NC(=O)c1ccc2c(=O)n(C)c(=S)[nH]c2c1)C(=O)OC. The largest absolute Gasteiger partial charge is 0.467 e. The maximum Gasteiger partial charge on any atom is 0.331 e. The van der Waals surface area contributed by atoms with E-state index >= 15 is 0 Å². The van der Waals surface area contributed by atoms with E-state index in [4.69, 9.17) is 17.0 Å². The molecule has 1 aromatic carbocycles. The van der Waals surface area contributed by atoms with Gasteiger partial charge in [-0.3, -0.25) is 14.2 Å². The van der Waals surface area contributed by atoms with Crippen LogP contribution in [-0.4, -0.2) is 34.1 Å². The Morgan fingerprint density at radius 3 is 2.67 bits per heavy atom. The second kappa shape index (κ2) is 6.56. The molecule has 1 heterocycles. The number of aromatic nitrogens is 2. The molecule has 0 unspecified atom stereocenters. The molecule has 7 nitrogen and oxygen atoms in total. The number of nitrogens with zero attached hydrogens (tertiary/aromatic N) is 1. The van der Waals surface area contributed by atoms with Gasteiger partial charge in [-0.05, 0) is 43.8 Å². The van der Waals surface area contributed by atoms with Crippen molar-refractivity contribution >= 4 is 35.0 Å². The number of amides is 1. The summed E-state index contributed by atoms with van der Waals surface area (Å²) in [6.07, 6.45) is 0.377. The zero-order chi connectivity index (χ0) is 18.1. The molecule has 0 bridgehead atoms. The summed E-state index contributed by atoms with van der Waals surface area (Å²) in [5.74, 6) is -0.959. The van der Waals surface area contributed by atoms with Crippen molar-refractivity contribution in [3.05, 3.63) is 38.9 Å². The minimum absolute atomic E-state index is 0.242. The summed E-state index contributed by atoms with van der Waals surface area (Å²) in [5.41, 5.74) is -0.591. The number of benzene rings is 1. The Bertz CT molecular complexity index is 931. The third-order valence-corrected chi connectivity index (χ3v) is 4.47. The Morgan fingerprint density at radius 2 is 2.08 bits per heavy atom. The number of esters is 1. The van der Waals surface area contributed by atoms with Gasteiger partial charge in [0, 0.05) is 12.6 Å². The first-order valence-electron chi connectivity index (χ1n) is 7.37. The van der Waals surface area contributed by atoms with Gasteiger partial charge in [-0.1, -0.05) is 6.92 Å². The first kappa shape index (κ1) is 17.9. The number of rotatable bonds is 4. The molecule has 2 N–H and O–H groups in total. The molecule has 0 fully saturated rings. The van der Waals surface area contributed by atoms with E-state index in [1.165, 1.54) is 23.8 Å². The van der Waals surface area contributed by atoms with E-state index in [-0.39, 0.29) is 10.3 Å². The molecule has 1 amide bonds. The Hall–Kier alpha value is -2.48. The van der Waals surface area contributed by atoms with E-state index < -0.39 is 17.4 Å². The molecule has 2 aromatic rings. The number of methoxy groups -OCH3 is 1. The highest BCUT2D eigenvalue weighted by molar-refractivity contribution is 7.71. The molecule has 0 aliphatic carbocycles. The number of fused-ring (bicyclic) bond motifs is 1.